The summed E-state index contributed by atoms with van der Waals surface area (Å²) < 4.78 is 14.6. The molecule has 3 atom stereocenters. The fourth-order valence-corrected chi connectivity index (χ4v) is 1.29. The van der Waals surface area contributed by atoms with E-state index in [2.05, 4.69) is 0 Å². The lowest BCUT2D eigenvalue weighted by Gasteiger charge is -2.27. The van der Waals surface area contributed by atoms with Crippen LogP contribution in [0.25, 0.3) is 0 Å². The second-order valence-electron chi connectivity index (χ2n) is 3.00. The molecule has 0 aromatic carbocycles. The Morgan fingerprint density at radius 3 is 2.20 bits per heavy atom. The highest BCUT2D eigenvalue weighted by Crippen LogP contribution is 2.09. The fraction of sp³-hybridized carbons (Fsp3) is 0.889. The number of aliphatic hydroxyl groups is 2. The molecule has 6 nitrogen and oxygen atoms in total. The van der Waals surface area contributed by atoms with Crippen LogP contribution < -0.4 is 0 Å². The third-order valence-electron chi connectivity index (χ3n) is 2.01. The number of ether oxygens (including phenoxy) is 3. The number of methoxy groups -OCH3 is 3. The van der Waals surface area contributed by atoms with E-state index >= 15 is 0 Å². The number of Topliss-reactive ketones (excluding diaryl/α,β-unsaturated/α-hetero) is 1. The molecule has 0 amide bonds. The molecular weight excluding hydrogens is 204 g/mol. The zero-order valence-electron chi connectivity index (χ0n) is 9.17. The molecule has 0 bridgehead atoms. The lowest BCUT2D eigenvalue weighted by molar-refractivity contribution is -0.151. The van der Waals surface area contributed by atoms with E-state index in [0.717, 1.165) is 0 Å². The fourth-order valence-electron chi connectivity index (χ4n) is 1.29. The number of hydrogen-bond acceptors (Lipinski definition) is 6. The Balaban J connectivity index is 4.52. The highest BCUT2D eigenvalue weighted by molar-refractivity contribution is 5.84. The molecule has 0 rings (SSSR count). The molecule has 0 unspecified atom stereocenters. The van der Waals surface area contributed by atoms with Crippen LogP contribution in [0.5, 0.6) is 0 Å². The maximum atomic E-state index is 11.2. The van der Waals surface area contributed by atoms with Crippen LogP contribution in [0.15, 0.2) is 0 Å². The van der Waals surface area contributed by atoms with Gasteiger partial charge in [0.15, 0.2) is 5.78 Å². The molecule has 15 heavy (non-hydrogen) atoms. The molecule has 0 saturated heterocycles. The molecule has 0 saturated carbocycles. The minimum absolute atomic E-state index is 0.0249. The van der Waals surface area contributed by atoms with Gasteiger partial charge in [0.25, 0.3) is 0 Å². The van der Waals surface area contributed by atoms with Gasteiger partial charge in [-0.3, -0.25) is 4.79 Å². The van der Waals surface area contributed by atoms with Gasteiger partial charge in [-0.25, -0.2) is 0 Å². The summed E-state index contributed by atoms with van der Waals surface area (Å²) in [5.41, 5.74) is 0. The van der Waals surface area contributed by atoms with Gasteiger partial charge < -0.3 is 24.4 Å². The van der Waals surface area contributed by atoms with Crippen LogP contribution >= 0.6 is 0 Å². The minimum atomic E-state index is -0.995. The largest absolute Gasteiger partial charge is 0.388 e. The van der Waals surface area contributed by atoms with E-state index in [1.807, 2.05) is 0 Å². The van der Waals surface area contributed by atoms with E-state index in [1.54, 1.807) is 0 Å². The molecule has 0 radical (unpaired) electrons. The average Bonchev–Trinajstić information content (AvgIpc) is 2.24. The maximum absolute atomic E-state index is 11.2. The molecule has 90 valence electrons. The Morgan fingerprint density at radius 2 is 1.87 bits per heavy atom. The van der Waals surface area contributed by atoms with Crippen molar-refractivity contribution in [3.63, 3.8) is 0 Å². The van der Waals surface area contributed by atoms with Crippen molar-refractivity contribution in [3.8, 4) is 0 Å². The van der Waals surface area contributed by atoms with Gasteiger partial charge in [0.2, 0.25) is 0 Å². The van der Waals surface area contributed by atoms with Gasteiger partial charge in [-0.1, -0.05) is 0 Å². The molecule has 6 heteroatoms. The second-order valence-corrected chi connectivity index (χ2v) is 3.00. The Morgan fingerprint density at radius 1 is 1.27 bits per heavy atom. The lowest BCUT2D eigenvalue weighted by atomic mass is 10.0. The van der Waals surface area contributed by atoms with E-state index in [4.69, 9.17) is 19.3 Å². The highest BCUT2D eigenvalue weighted by Gasteiger charge is 2.33. The monoisotopic (exact) mass is 222 g/mol. The summed E-state index contributed by atoms with van der Waals surface area (Å²) in [5, 5.41) is 18.3. The Labute approximate surface area is 88.7 Å². The van der Waals surface area contributed by atoms with Gasteiger partial charge in [-0.15, -0.1) is 0 Å². The van der Waals surface area contributed by atoms with E-state index in [-0.39, 0.29) is 6.61 Å². The minimum Gasteiger partial charge on any atom is -0.388 e. The topological polar surface area (TPSA) is 85.2 Å². The molecule has 0 aromatic rings. The Hall–Kier alpha value is -0.530. The third-order valence-corrected chi connectivity index (χ3v) is 2.01. The van der Waals surface area contributed by atoms with Gasteiger partial charge >= 0.3 is 0 Å². The summed E-state index contributed by atoms with van der Waals surface area (Å²) in [7, 11) is 4.08. The number of hydrogen-bond donors (Lipinski definition) is 2. The zero-order valence-corrected chi connectivity index (χ0v) is 9.17. The standard InChI is InChI=1S/C9H18O6/c1-13-5-7(12)9(15-3)8(14-2)6(11)4-10/h7-10,12H,4-5H2,1-3H3/t7-,8-,9+/m1/s1. The quantitative estimate of drug-likeness (QED) is 0.524. The molecule has 0 aliphatic carbocycles. The molecule has 0 fully saturated rings. The Bertz CT molecular complexity index is 183. The zero-order chi connectivity index (χ0) is 11.8. The summed E-state index contributed by atoms with van der Waals surface area (Å²) in [4.78, 5) is 11.2. The van der Waals surface area contributed by atoms with Crippen molar-refractivity contribution in [3.05, 3.63) is 0 Å². The van der Waals surface area contributed by atoms with E-state index < -0.39 is 30.7 Å². The van der Waals surface area contributed by atoms with Crippen LogP contribution in [-0.2, 0) is 19.0 Å². The first kappa shape index (κ1) is 14.5. The van der Waals surface area contributed by atoms with Crippen molar-refractivity contribution in [2.45, 2.75) is 18.3 Å². The van der Waals surface area contributed by atoms with Gasteiger partial charge in [-0.05, 0) is 0 Å². The number of carbonyl (C=O) groups is 1. The molecule has 0 aliphatic rings. The summed E-state index contributed by atoms with van der Waals surface area (Å²) in [5.74, 6) is -0.542. The summed E-state index contributed by atoms with van der Waals surface area (Å²) >= 11 is 0. The number of carbonyl (C=O) groups excluding carboxylic acids is 1. The smallest absolute Gasteiger partial charge is 0.189 e. The number of rotatable bonds is 8. The van der Waals surface area contributed by atoms with Crippen molar-refractivity contribution in [2.24, 2.45) is 0 Å². The summed E-state index contributed by atoms with van der Waals surface area (Å²) in [6.45, 7) is -0.630. The van der Waals surface area contributed by atoms with Crippen molar-refractivity contribution < 1.29 is 29.2 Å². The van der Waals surface area contributed by atoms with Crippen LogP contribution in [0.3, 0.4) is 0 Å². The maximum Gasteiger partial charge on any atom is 0.189 e. The SMILES string of the molecule is COC[C@@H](O)[C@H](OC)[C@H](OC)C(=O)CO. The van der Waals surface area contributed by atoms with Gasteiger partial charge in [0, 0.05) is 21.3 Å². The third kappa shape index (κ3) is 4.23. The van der Waals surface area contributed by atoms with E-state index in [1.165, 1.54) is 21.3 Å². The van der Waals surface area contributed by atoms with Crippen molar-refractivity contribution in [1.29, 1.82) is 0 Å². The molecule has 2 N–H and O–H groups in total. The lowest BCUT2D eigenvalue weighted by Crippen LogP contribution is -2.47. The van der Waals surface area contributed by atoms with Crippen LogP contribution in [0.2, 0.25) is 0 Å². The van der Waals surface area contributed by atoms with Crippen LogP contribution in [0.4, 0.5) is 0 Å². The predicted molar refractivity (Wildman–Crippen MR) is 51.6 cm³/mol. The van der Waals surface area contributed by atoms with Gasteiger partial charge in [-0.2, -0.15) is 0 Å². The first-order chi connectivity index (χ1) is 7.12. The van der Waals surface area contributed by atoms with Gasteiger partial charge in [0.05, 0.1) is 6.61 Å². The van der Waals surface area contributed by atoms with Crippen LogP contribution in [0.1, 0.15) is 0 Å². The Kier molecular flexibility index (Phi) is 7.45. The molecule has 0 spiro atoms. The highest BCUT2D eigenvalue weighted by atomic mass is 16.5. The van der Waals surface area contributed by atoms with E-state index in [9.17, 15) is 9.90 Å². The molecular formula is C9H18O6. The van der Waals surface area contributed by atoms with Crippen molar-refractivity contribution in [1.82, 2.24) is 0 Å². The van der Waals surface area contributed by atoms with Gasteiger partial charge in [0.1, 0.15) is 24.9 Å². The average molecular weight is 222 g/mol. The van der Waals surface area contributed by atoms with E-state index in [0.29, 0.717) is 0 Å². The molecule has 0 aliphatic heterocycles. The number of aliphatic hydroxyl groups excluding tert-OH is 2. The predicted octanol–water partition coefficient (Wildman–Crippen LogP) is -1.41. The molecule has 0 aromatic heterocycles. The molecule has 0 heterocycles. The second kappa shape index (κ2) is 7.72. The van der Waals surface area contributed by atoms with Crippen LogP contribution in [0, 0.1) is 0 Å². The normalized spacial score (nSPS) is 17.1. The first-order valence-corrected chi connectivity index (χ1v) is 4.48. The van der Waals surface area contributed by atoms with Crippen molar-refractivity contribution >= 4 is 5.78 Å². The van der Waals surface area contributed by atoms with Crippen molar-refractivity contribution in [2.75, 3.05) is 34.5 Å². The summed E-state index contributed by atoms with van der Waals surface area (Å²) in [6.07, 6.45) is -2.83. The number of ketones is 1. The summed E-state index contributed by atoms with van der Waals surface area (Å²) in [6, 6.07) is 0. The van der Waals surface area contributed by atoms with Crippen LogP contribution in [-0.4, -0.2) is 68.9 Å². The first-order valence-electron chi connectivity index (χ1n) is 4.48.